The highest BCUT2D eigenvalue weighted by Gasteiger charge is 2.14. The lowest BCUT2D eigenvalue weighted by atomic mass is 9.97. The number of carbonyl (C=O) groups is 1. The zero-order valence-corrected chi connectivity index (χ0v) is 11.6. The summed E-state index contributed by atoms with van der Waals surface area (Å²) >= 11 is 0. The molecule has 0 rings (SSSR count). The van der Waals surface area contributed by atoms with Gasteiger partial charge in [-0.2, -0.15) is 0 Å². The van der Waals surface area contributed by atoms with Crippen molar-refractivity contribution >= 4 is 15.9 Å². The average Bonchev–Trinajstić information content (AvgIpc) is 2.23. The van der Waals surface area contributed by atoms with Crippen molar-refractivity contribution in [1.82, 2.24) is 4.72 Å². The van der Waals surface area contributed by atoms with Gasteiger partial charge in [0.2, 0.25) is 15.9 Å². The normalized spacial score (nSPS) is 13.4. The monoisotopic (exact) mass is 264 g/mol. The fourth-order valence-electron chi connectivity index (χ4n) is 1.67. The molecule has 0 aromatic carbocycles. The molecule has 102 valence electrons. The summed E-state index contributed by atoms with van der Waals surface area (Å²) in [5.41, 5.74) is 5.46. The topological polar surface area (TPSA) is 89.3 Å². The van der Waals surface area contributed by atoms with Crippen LogP contribution in [0.25, 0.3) is 0 Å². The van der Waals surface area contributed by atoms with Gasteiger partial charge in [0.15, 0.2) is 0 Å². The van der Waals surface area contributed by atoms with E-state index in [1.807, 2.05) is 6.92 Å². The van der Waals surface area contributed by atoms with E-state index in [0.29, 0.717) is 25.3 Å². The molecule has 0 heterocycles. The highest BCUT2D eigenvalue weighted by molar-refractivity contribution is 7.90. The van der Waals surface area contributed by atoms with Crippen molar-refractivity contribution in [2.24, 2.45) is 11.7 Å². The van der Waals surface area contributed by atoms with Crippen LogP contribution in [0.3, 0.4) is 0 Å². The van der Waals surface area contributed by atoms with E-state index < -0.39 is 15.9 Å². The van der Waals surface area contributed by atoms with Gasteiger partial charge in [-0.25, -0.2) is 8.42 Å². The van der Waals surface area contributed by atoms with Gasteiger partial charge in [-0.3, -0.25) is 9.52 Å². The number of hydrogen-bond acceptors (Lipinski definition) is 4. The summed E-state index contributed by atoms with van der Waals surface area (Å²) in [7, 11) is -3.42. The minimum Gasteiger partial charge on any atom is -0.330 e. The number of nitrogens with two attached hydrogens (primary N) is 1. The second-order valence-electron chi connectivity index (χ2n) is 4.23. The molecule has 1 atom stereocenters. The Bertz CT molecular complexity index is 315. The highest BCUT2D eigenvalue weighted by atomic mass is 32.2. The molecule has 0 saturated heterocycles. The third kappa shape index (κ3) is 8.15. The molecular formula is C11H24N2O3S. The number of carbonyl (C=O) groups excluding carboxylic acids is 1. The Labute approximate surface area is 104 Å². The van der Waals surface area contributed by atoms with Crippen molar-refractivity contribution in [3.63, 3.8) is 0 Å². The van der Waals surface area contributed by atoms with E-state index in [9.17, 15) is 13.2 Å². The molecular weight excluding hydrogens is 240 g/mol. The van der Waals surface area contributed by atoms with Crippen molar-refractivity contribution in [3.8, 4) is 0 Å². The number of rotatable bonds is 9. The molecule has 0 aromatic rings. The predicted molar refractivity (Wildman–Crippen MR) is 68.9 cm³/mol. The van der Waals surface area contributed by atoms with Crippen LogP contribution in [-0.2, 0) is 14.8 Å². The van der Waals surface area contributed by atoms with Crippen molar-refractivity contribution in [2.75, 3.05) is 12.3 Å². The lowest BCUT2D eigenvalue weighted by Crippen LogP contribution is -2.32. The molecule has 0 aromatic heterocycles. The molecule has 0 fully saturated rings. The second kappa shape index (κ2) is 8.47. The molecule has 3 N–H and O–H groups in total. The SMILES string of the molecule is CCCS(=O)(=O)NC(=O)CCC(CC)CCN. The Morgan fingerprint density at radius 3 is 2.41 bits per heavy atom. The van der Waals surface area contributed by atoms with E-state index in [4.69, 9.17) is 5.73 Å². The molecule has 0 aliphatic rings. The lowest BCUT2D eigenvalue weighted by Gasteiger charge is -2.13. The van der Waals surface area contributed by atoms with Crippen LogP contribution in [0.4, 0.5) is 0 Å². The van der Waals surface area contributed by atoms with Gasteiger partial charge in [-0.05, 0) is 31.7 Å². The number of hydrogen-bond donors (Lipinski definition) is 2. The van der Waals surface area contributed by atoms with Crippen LogP contribution >= 0.6 is 0 Å². The first-order valence-corrected chi connectivity index (χ1v) is 7.83. The highest BCUT2D eigenvalue weighted by Crippen LogP contribution is 2.14. The van der Waals surface area contributed by atoms with Crippen LogP contribution in [0, 0.1) is 5.92 Å². The maximum atomic E-state index is 11.4. The molecule has 0 aliphatic heterocycles. The summed E-state index contributed by atoms with van der Waals surface area (Å²) in [4.78, 5) is 11.4. The number of sulfonamides is 1. The Morgan fingerprint density at radius 2 is 1.94 bits per heavy atom. The van der Waals surface area contributed by atoms with Crippen molar-refractivity contribution in [1.29, 1.82) is 0 Å². The summed E-state index contributed by atoms with van der Waals surface area (Å²) < 4.78 is 24.7. The third-order valence-corrected chi connectivity index (χ3v) is 4.16. The van der Waals surface area contributed by atoms with Crippen LogP contribution < -0.4 is 10.5 Å². The smallest absolute Gasteiger partial charge is 0.234 e. The fraction of sp³-hybridized carbons (Fsp3) is 0.909. The largest absolute Gasteiger partial charge is 0.330 e. The van der Waals surface area contributed by atoms with E-state index in [1.165, 1.54) is 0 Å². The van der Waals surface area contributed by atoms with Gasteiger partial charge in [0.25, 0.3) is 0 Å². The first-order valence-electron chi connectivity index (χ1n) is 6.18. The lowest BCUT2D eigenvalue weighted by molar-refractivity contribution is -0.119. The summed E-state index contributed by atoms with van der Waals surface area (Å²) in [6.07, 6.45) is 3.30. The maximum Gasteiger partial charge on any atom is 0.234 e. The van der Waals surface area contributed by atoms with E-state index >= 15 is 0 Å². The van der Waals surface area contributed by atoms with Crippen LogP contribution in [-0.4, -0.2) is 26.6 Å². The zero-order chi connectivity index (χ0) is 13.3. The van der Waals surface area contributed by atoms with Crippen LogP contribution in [0.5, 0.6) is 0 Å². The van der Waals surface area contributed by atoms with Gasteiger partial charge in [-0.15, -0.1) is 0 Å². The van der Waals surface area contributed by atoms with E-state index in [1.54, 1.807) is 6.92 Å². The molecule has 0 aliphatic carbocycles. The second-order valence-corrected chi connectivity index (χ2v) is 6.08. The predicted octanol–water partition coefficient (Wildman–Crippen LogP) is 0.998. The Hall–Kier alpha value is -0.620. The first kappa shape index (κ1) is 16.4. The van der Waals surface area contributed by atoms with Gasteiger partial charge >= 0.3 is 0 Å². The maximum absolute atomic E-state index is 11.4. The molecule has 0 spiro atoms. The average molecular weight is 264 g/mol. The minimum atomic E-state index is -3.42. The molecule has 5 nitrogen and oxygen atoms in total. The summed E-state index contributed by atoms with van der Waals surface area (Å²) in [5.74, 6) is -0.00722. The Kier molecular flexibility index (Phi) is 8.16. The first-order chi connectivity index (χ1) is 7.95. The molecule has 17 heavy (non-hydrogen) atoms. The van der Waals surface area contributed by atoms with E-state index in [2.05, 4.69) is 4.72 Å². The standard InChI is InChI=1S/C11H24N2O3S/c1-3-9-17(15,16)13-11(14)6-5-10(4-2)7-8-12/h10H,3-9,12H2,1-2H3,(H,13,14). The number of amides is 1. The van der Waals surface area contributed by atoms with Crippen molar-refractivity contribution in [3.05, 3.63) is 0 Å². The minimum absolute atomic E-state index is 0.00124. The molecule has 0 radical (unpaired) electrons. The van der Waals surface area contributed by atoms with Crippen LogP contribution in [0.1, 0.15) is 46.0 Å². The van der Waals surface area contributed by atoms with Gasteiger partial charge in [0, 0.05) is 6.42 Å². The van der Waals surface area contributed by atoms with Crippen molar-refractivity contribution in [2.45, 2.75) is 46.0 Å². The summed E-state index contributed by atoms with van der Waals surface area (Å²) in [6.45, 7) is 4.42. The summed E-state index contributed by atoms with van der Waals surface area (Å²) in [6, 6.07) is 0. The molecule has 1 unspecified atom stereocenters. The van der Waals surface area contributed by atoms with Crippen molar-refractivity contribution < 1.29 is 13.2 Å². The van der Waals surface area contributed by atoms with E-state index in [-0.39, 0.29) is 12.2 Å². The van der Waals surface area contributed by atoms with Gasteiger partial charge in [-0.1, -0.05) is 20.3 Å². The summed E-state index contributed by atoms with van der Waals surface area (Å²) in [5, 5.41) is 0. The molecule has 1 amide bonds. The quantitative estimate of drug-likeness (QED) is 0.650. The molecule has 0 saturated carbocycles. The Balaban J connectivity index is 4.02. The third-order valence-electron chi connectivity index (χ3n) is 2.67. The molecule has 6 heteroatoms. The number of nitrogens with one attached hydrogen (secondary N) is 1. The fourth-order valence-corrected chi connectivity index (χ4v) is 2.76. The van der Waals surface area contributed by atoms with Gasteiger partial charge in [0.05, 0.1) is 5.75 Å². The zero-order valence-electron chi connectivity index (χ0n) is 10.7. The van der Waals surface area contributed by atoms with Crippen LogP contribution in [0.2, 0.25) is 0 Å². The van der Waals surface area contributed by atoms with E-state index in [0.717, 1.165) is 12.8 Å². The molecule has 0 bridgehead atoms. The van der Waals surface area contributed by atoms with Gasteiger partial charge < -0.3 is 5.73 Å². The Morgan fingerprint density at radius 1 is 1.29 bits per heavy atom. The van der Waals surface area contributed by atoms with Gasteiger partial charge in [0.1, 0.15) is 0 Å². The van der Waals surface area contributed by atoms with Crippen LogP contribution in [0.15, 0.2) is 0 Å².